The fourth-order valence-corrected chi connectivity index (χ4v) is 2.28. The standard InChI is InChI=1S/C16H17BrFNO2/c1-20-16-8-11(6-7-19)2-5-15(16)21-10-12-3-4-13(17)9-14(12)18/h2-5,8-9H,6-7,10,19H2,1H3. The summed E-state index contributed by atoms with van der Waals surface area (Å²) in [7, 11) is 1.58. The van der Waals surface area contributed by atoms with E-state index in [1.165, 1.54) is 6.07 Å². The predicted molar refractivity (Wildman–Crippen MR) is 84.2 cm³/mol. The van der Waals surface area contributed by atoms with E-state index in [0.29, 0.717) is 28.1 Å². The van der Waals surface area contributed by atoms with Crippen molar-refractivity contribution in [2.75, 3.05) is 13.7 Å². The maximum atomic E-state index is 13.7. The molecule has 2 aromatic carbocycles. The van der Waals surface area contributed by atoms with Gasteiger partial charge in [-0.2, -0.15) is 0 Å². The number of halogens is 2. The van der Waals surface area contributed by atoms with E-state index in [1.54, 1.807) is 19.2 Å². The Labute approximate surface area is 132 Å². The van der Waals surface area contributed by atoms with Gasteiger partial charge >= 0.3 is 0 Å². The Kier molecular flexibility index (Phi) is 5.59. The van der Waals surface area contributed by atoms with E-state index in [4.69, 9.17) is 15.2 Å². The molecule has 0 atom stereocenters. The van der Waals surface area contributed by atoms with Crippen LogP contribution in [0.3, 0.4) is 0 Å². The predicted octanol–water partition coefficient (Wildman–Crippen LogP) is 3.68. The fourth-order valence-electron chi connectivity index (χ4n) is 1.95. The third-order valence-electron chi connectivity index (χ3n) is 3.06. The number of rotatable bonds is 6. The van der Waals surface area contributed by atoms with Crippen molar-refractivity contribution < 1.29 is 13.9 Å². The Morgan fingerprint density at radius 1 is 1.14 bits per heavy atom. The highest BCUT2D eigenvalue weighted by Gasteiger charge is 2.08. The molecule has 0 aliphatic carbocycles. The van der Waals surface area contributed by atoms with Gasteiger partial charge in [0.05, 0.1) is 7.11 Å². The number of hydrogen-bond acceptors (Lipinski definition) is 3. The minimum atomic E-state index is -0.303. The summed E-state index contributed by atoms with van der Waals surface area (Å²) < 4.78 is 25.4. The van der Waals surface area contributed by atoms with Crippen molar-refractivity contribution in [1.82, 2.24) is 0 Å². The molecule has 112 valence electrons. The van der Waals surface area contributed by atoms with Crippen molar-refractivity contribution in [3.05, 3.63) is 57.8 Å². The summed E-state index contributed by atoms with van der Waals surface area (Å²) >= 11 is 3.23. The molecule has 0 aliphatic rings. The van der Waals surface area contributed by atoms with Crippen LogP contribution in [0.5, 0.6) is 11.5 Å². The van der Waals surface area contributed by atoms with Crippen LogP contribution in [0, 0.1) is 5.82 Å². The molecule has 0 heterocycles. The van der Waals surface area contributed by atoms with Crippen LogP contribution in [0.1, 0.15) is 11.1 Å². The quantitative estimate of drug-likeness (QED) is 0.861. The lowest BCUT2D eigenvalue weighted by Crippen LogP contribution is -2.04. The zero-order valence-corrected chi connectivity index (χ0v) is 13.3. The van der Waals surface area contributed by atoms with Gasteiger partial charge in [0, 0.05) is 10.0 Å². The van der Waals surface area contributed by atoms with Crippen molar-refractivity contribution in [2.45, 2.75) is 13.0 Å². The van der Waals surface area contributed by atoms with Crippen LogP contribution in [0.15, 0.2) is 40.9 Å². The van der Waals surface area contributed by atoms with Crippen LogP contribution in [0.2, 0.25) is 0 Å². The lowest BCUT2D eigenvalue weighted by Gasteiger charge is -2.12. The van der Waals surface area contributed by atoms with Crippen molar-refractivity contribution in [1.29, 1.82) is 0 Å². The highest BCUT2D eigenvalue weighted by atomic mass is 79.9. The normalized spacial score (nSPS) is 10.5. The SMILES string of the molecule is COc1cc(CCN)ccc1OCc1ccc(Br)cc1F. The third-order valence-corrected chi connectivity index (χ3v) is 3.55. The summed E-state index contributed by atoms with van der Waals surface area (Å²) in [6.45, 7) is 0.721. The van der Waals surface area contributed by atoms with Gasteiger partial charge in [-0.3, -0.25) is 0 Å². The second-order valence-corrected chi connectivity index (χ2v) is 5.46. The highest BCUT2D eigenvalue weighted by molar-refractivity contribution is 9.10. The van der Waals surface area contributed by atoms with E-state index in [1.807, 2.05) is 18.2 Å². The van der Waals surface area contributed by atoms with Crippen molar-refractivity contribution in [3.8, 4) is 11.5 Å². The topological polar surface area (TPSA) is 44.5 Å². The summed E-state index contributed by atoms with van der Waals surface area (Å²) in [5.74, 6) is 0.905. The third kappa shape index (κ3) is 4.19. The van der Waals surface area contributed by atoms with Crippen LogP contribution >= 0.6 is 15.9 Å². The second kappa shape index (κ2) is 7.43. The molecule has 0 bridgehead atoms. The van der Waals surface area contributed by atoms with Gasteiger partial charge in [-0.05, 0) is 42.8 Å². The molecule has 2 N–H and O–H groups in total. The molecule has 2 aromatic rings. The minimum Gasteiger partial charge on any atom is -0.493 e. The van der Waals surface area contributed by atoms with Crippen molar-refractivity contribution >= 4 is 15.9 Å². The number of hydrogen-bond donors (Lipinski definition) is 1. The molecule has 0 aromatic heterocycles. The molecule has 0 aliphatic heterocycles. The first-order valence-electron chi connectivity index (χ1n) is 6.57. The monoisotopic (exact) mass is 353 g/mol. The Morgan fingerprint density at radius 3 is 2.62 bits per heavy atom. The molecule has 0 saturated heterocycles. The summed E-state index contributed by atoms with van der Waals surface area (Å²) in [4.78, 5) is 0. The molecule has 21 heavy (non-hydrogen) atoms. The van der Waals surface area contributed by atoms with E-state index in [9.17, 15) is 4.39 Å². The van der Waals surface area contributed by atoms with E-state index in [-0.39, 0.29) is 12.4 Å². The van der Waals surface area contributed by atoms with Crippen molar-refractivity contribution in [2.24, 2.45) is 5.73 Å². The number of nitrogens with two attached hydrogens (primary N) is 1. The largest absolute Gasteiger partial charge is 0.493 e. The molecular formula is C16H17BrFNO2. The average molecular weight is 354 g/mol. The van der Waals surface area contributed by atoms with Gasteiger partial charge in [0.15, 0.2) is 11.5 Å². The zero-order valence-electron chi connectivity index (χ0n) is 11.7. The van der Waals surface area contributed by atoms with Gasteiger partial charge in [0.25, 0.3) is 0 Å². The molecule has 5 heteroatoms. The van der Waals surface area contributed by atoms with Gasteiger partial charge in [-0.1, -0.05) is 28.1 Å². The summed E-state index contributed by atoms with van der Waals surface area (Å²) in [5, 5.41) is 0. The fraction of sp³-hybridized carbons (Fsp3) is 0.250. The van der Waals surface area contributed by atoms with Crippen LogP contribution in [0.25, 0.3) is 0 Å². The van der Waals surface area contributed by atoms with E-state index < -0.39 is 0 Å². The zero-order chi connectivity index (χ0) is 15.2. The smallest absolute Gasteiger partial charge is 0.161 e. The Bertz CT molecular complexity index is 619. The lowest BCUT2D eigenvalue weighted by molar-refractivity contribution is 0.279. The Hall–Kier alpha value is -1.59. The van der Waals surface area contributed by atoms with Crippen molar-refractivity contribution in [3.63, 3.8) is 0 Å². The lowest BCUT2D eigenvalue weighted by atomic mass is 10.1. The second-order valence-electron chi connectivity index (χ2n) is 4.55. The van der Waals surface area contributed by atoms with E-state index in [0.717, 1.165) is 12.0 Å². The van der Waals surface area contributed by atoms with Crippen LogP contribution in [-0.4, -0.2) is 13.7 Å². The number of ether oxygens (including phenoxy) is 2. The van der Waals surface area contributed by atoms with Gasteiger partial charge in [0.2, 0.25) is 0 Å². The first-order valence-corrected chi connectivity index (χ1v) is 7.37. The molecule has 0 fully saturated rings. The van der Waals surface area contributed by atoms with Gasteiger partial charge in [0.1, 0.15) is 12.4 Å². The Balaban J connectivity index is 2.12. The number of methoxy groups -OCH3 is 1. The van der Waals surface area contributed by atoms with Gasteiger partial charge in [-0.25, -0.2) is 4.39 Å². The maximum absolute atomic E-state index is 13.7. The first-order chi connectivity index (χ1) is 10.1. The maximum Gasteiger partial charge on any atom is 0.161 e. The number of benzene rings is 2. The first kappa shape index (κ1) is 15.8. The highest BCUT2D eigenvalue weighted by Crippen LogP contribution is 2.29. The van der Waals surface area contributed by atoms with Crippen LogP contribution in [0.4, 0.5) is 4.39 Å². The molecule has 0 unspecified atom stereocenters. The summed E-state index contributed by atoms with van der Waals surface area (Å²) in [5.41, 5.74) is 7.11. The summed E-state index contributed by atoms with van der Waals surface area (Å²) in [6, 6.07) is 10.5. The van der Waals surface area contributed by atoms with Gasteiger partial charge in [-0.15, -0.1) is 0 Å². The van der Waals surface area contributed by atoms with Crippen LogP contribution in [-0.2, 0) is 13.0 Å². The molecular weight excluding hydrogens is 337 g/mol. The Morgan fingerprint density at radius 2 is 1.95 bits per heavy atom. The summed E-state index contributed by atoms with van der Waals surface area (Å²) in [6.07, 6.45) is 0.776. The van der Waals surface area contributed by atoms with Crippen LogP contribution < -0.4 is 15.2 Å². The molecule has 0 amide bonds. The minimum absolute atomic E-state index is 0.145. The van der Waals surface area contributed by atoms with E-state index in [2.05, 4.69) is 15.9 Å². The molecule has 0 radical (unpaired) electrons. The average Bonchev–Trinajstić information content (AvgIpc) is 2.47. The van der Waals surface area contributed by atoms with E-state index >= 15 is 0 Å². The molecule has 2 rings (SSSR count). The molecule has 0 saturated carbocycles. The molecule has 3 nitrogen and oxygen atoms in total. The molecule has 0 spiro atoms. The van der Waals surface area contributed by atoms with Gasteiger partial charge < -0.3 is 15.2 Å².